The number of carbonyl (C=O) groups is 2. The van der Waals surface area contributed by atoms with Gasteiger partial charge >= 0.3 is 0 Å². The third kappa shape index (κ3) is 5.41. The summed E-state index contributed by atoms with van der Waals surface area (Å²) in [4.78, 5) is 27.7. The van der Waals surface area contributed by atoms with Gasteiger partial charge in [-0.1, -0.05) is 0 Å². The molecule has 2 aliphatic rings. The van der Waals surface area contributed by atoms with Gasteiger partial charge in [-0.15, -0.1) is 12.4 Å². The second-order valence-electron chi connectivity index (χ2n) is 6.33. The summed E-state index contributed by atoms with van der Waals surface area (Å²) >= 11 is 0. The maximum absolute atomic E-state index is 12.4. The van der Waals surface area contributed by atoms with E-state index in [1.54, 1.807) is 0 Å². The van der Waals surface area contributed by atoms with Gasteiger partial charge in [-0.2, -0.15) is 0 Å². The lowest BCUT2D eigenvalue weighted by molar-refractivity contribution is -0.136. The second-order valence-corrected chi connectivity index (χ2v) is 6.33. The Labute approximate surface area is 139 Å². The first kappa shape index (κ1) is 19.2. The molecule has 2 rings (SSSR count). The Morgan fingerprint density at radius 1 is 1.23 bits per heavy atom. The van der Waals surface area contributed by atoms with Gasteiger partial charge in [-0.05, 0) is 52.2 Å². The average Bonchev–Trinajstić information content (AvgIpc) is 2.76. The van der Waals surface area contributed by atoms with Crippen LogP contribution in [0, 0.1) is 5.92 Å². The smallest absolute Gasteiger partial charge is 0.236 e. The monoisotopic (exact) mass is 332 g/mol. The first-order valence-electron chi connectivity index (χ1n) is 8.06. The van der Waals surface area contributed by atoms with Crippen LogP contribution in [-0.2, 0) is 9.59 Å². The van der Waals surface area contributed by atoms with E-state index < -0.39 is 0 Å². The van der Waals surface area contributed by atoms with E-state index in [2.05, 4.69) is 10.2 Å². The van der Waals surface area contributed by atoms with E-state index >= 15 is 0 Å². The van der Waals surface area contributed by atoms with Crippen molar-refractivity contribution in [3.63, 3.8) is 0 Å². The van der Waals surface area contributed by atoms with Crippen molar-refractivity contribution in [1.29, 1.82) is 0 Å². The third-order valence-electron chi connectivity index (χ3n) is 4.73. The highest BCUT2D eigenvalue weighted by Crippen LogP contribution is 2.17. The molecule has 2 amide bonds. The highest BCUT2D eigenvalue weighted by atomic mass is 35.5. The Kier molecular flexibility index (Phi) is 8.14. The van der Waals surface area contributed by atoms with Crippen molar-refractivity contribution in [3.8, 4) is 0 Å². The standard InChI is InChI=1S/C15H28N4O2.ClH/c1-18(13-5-2-7-17-8-6-13)11-14(20)19-9-3-4-12(10-19)15(16)21;/h12-13,17H,2-11H2,1H3,(H2,16,21);1H. The van der Waals surface area contributed by atoms with Crippen molar-refractivity contribution in [2.45, 2.75) is 38.1 Å². The minimum absolute atomic E-state index is 0. The molecule has 22 heavy (non-hydrogen) atoms. The zero-order valence-electron chi connectivity index (χ0n) is 13.4. The molecule has 128 valence electrons. The van der Waals surface area contributed by atoms with Crippen LogP contribution in [-0.4, -0.2) is 67.4 Å². The number of likely N-dealkylation sites (tertiary alicyclic amines) is 1. The zero-order valence-corrected chi connectivity index (χ0v) is 14.2. The van der Waals surface area contributed by atoms with Crippen LogP contribution < -0.4 is 11.1 Å². The molecule has 7 heteroatoms. The van der Waals surface area contributed by atoms with Crippen LogP contribution in [0.5, 0.6) is 0 Å². The first-order valence-corrected chi connectivity index (χ1v) is 8.06. The van der Waals surface area contributed by atoms with Gasteiger partial charge in [0.2, 0.25) is 11.8 Å². The van der Waals surface area contributed by atoms with Gasteiger partial charge in [-0.25, -0.2) is 0 Å². The van der Waals surface area contributed by atoms with Crippen LogP contribution in [0.1, 0.15) is 32.1 Å². The van der Waals surface area contributed by atoms with E-state index in [4.69, 9.17) is 5.73 Å². The number of hydrogen-bond acceptors (Lipinski definition) is 4. The predicted octanol–water partition coefficient (Wildman–Crippen LogP) is 0.206. The number of amides is 2. The molecule has 0 aromatic carbocycles. The Morgan fingerprint density at radius 3 is 2.73 bits per heavy atom. The quantitative estimate of drug-likeness (QED) is 0.771. The molecule has 0 saturated carbocycles. The molecule has 0 aromatic heterocycles. The van der Waals surface area contributed by atoms with Crippen molar-refractivity contribution in [2.24, 2.45) is 11.7 Å². The number of nitrogens with one attached hydrogen (secondary N) is 1. The summed E-state index contributed by atoms with van der Waals surface area (Å²) < 4.78 is 0. The predicted molar refractivity (Wildman–Crippen MR) is 88.9 cm³/mol. The van der Waals surface area contributed by atoms with Crippen LogP contribution in [0.25, 0.3) is 0 Å². The molecule has 0 spiro atoms. The van der Waals surface area contributed by atoms with Gasteiger partial charge in [0.15, 0.2) is 0 Å². The molecule has 2 fully saturated rings. The largest absolute Gasteiger partial charge is 0.369 e. The van der Waals surface area contributed by atoms with Gasteiger partial charge < -0.3 is 16.0 Å². The van der Waals surface area contributed by atoms with E-state index in [0.29, 0.717) is 19.1 Å². The lowest BCUT2D eigenvalue weighted by Gasteiger charge is -2.34. The molecule has 2 atom stereocenters. The minimum atomic E-state index is -0.282. The molecule has 0 bridgehead atoms. The summed E-state index contributed by atoms with van der Waals surface area (Å²) in [5, 5.41) is 3.39. The molecule has 3 N–H and O–H groups in total. The molecule has 2 aliphatic heterocycles. The van der Waals surface area contributed by atoms with Gasteiger partial charge in [0, 0.05) is 19.1 Å². The van der Waals surface area contributed by atoms with Crippen molar-refractivity contribution in [2.75, 3.05) is 39.8 Å². The van der Waals surface area contributed by atoms with E-state index in [1.165, 1.54) is 0 Å². The SMILES string of the molecule is CN(CC(=O)N1CCCC(C(N)=O)C1)C1CCCNCC1.Cl. The first-order chi connectivity index (χ1) is 10.1. The third-order valence-corrected chi connectivity index (χ3v) is 4.73. The van der Waals surface area contributed by atoms with Crippen molar-refractivity contribution in [3.05, 3.63) is 0 Å². The number of piperidine rings is 1. The Balaban J connectivity index is 0.00000242. The molecule has 0 aromatic rings. The fourth-order valence-corrected chi connectivity index (χ4v) is 3.32. The normalized spacial score (nSPS) is 26.2. The number of primary amides is 1. The van der Waals surface area contributed by atoms with Gasteiger partial charge in [0.05, 0.1) is 12.5 Å². The molecule has 2 heterocycles. The average molecular weight is 333 g/mol. The minimum Gasteiger partial charge on any atom is -0.369 e. The second kappa shape index (κ2) is 9.33. The maximum atomic E-state index is 12.4. The molecule has 0 radical (unpaired) electrons. The number of hydrogen-bond donors (Lipinski definition) is 2. The Bertz CT molecular complexity index is 373. The number of nitrogens with zero attached hydrogens (tertiary/aromatic N) is 2. The van der Waals surface area contributed by atoms with E-state index in [1.807, 2.05) is 11.9 Å². The lowest BCUT2D eigenvalue weighted by Crippen LogP contribution is -2.48. The maximum Gasteiger partial charge on any atom is 0.236 e. The molecule has 2 saturated heterocycles. The zero-order chi connectivity index (χ0) is 15.2. The van der Waals surface area contributed by atoms with Crippen LogP contribution in [0.15, 0.2) is 0 Å². The van der Waals surface area contributed by atoms with Crippen LogP contribution in [0.4, 0.5) is 0 Å². The lowest BCUT2D eigenvalue weighted by atomic mass is 9.97. The molecule has 0 aliphatic carbocycles. The highest BCUT2D eigenvalue weighted by molar-refractivity contribution is 5.85. The van der Waals surface area contributed by atoms with Crippen LogP contribution in [0.3, 0.4) is 0 Å². The Hall–Kier alpha value is -0.850. The fraction of sp³-hybridized carbons (Fsp3) is 0.867. The highest BCUT2D eigenvalue weighted by Gasteiger charge is 2.28. The van der Waals surface area contributed by atoms with Crippen molar-refractivity contribution in [1.82, 2.24) is 15.1 Å². The Morgan fingerprint density at radius 2 is 2.00 bits per heavy atom. The summed E-state index contributed by atoms with van der Waals surface area (Å²) in [5.74, 6) is -0.327. The van der Waals surface area contributed by atoms with Gasteiger partial charge in [-0.3, -0.25) is 14.5 Å². The van der Waals surface area contributed by atoms with Crippen molar-refractivity contribution >= 4 is 24.2 Å². The number of rotatable bonds is 4. The van der Waals surface area contributed by atoms with Gasteiger partial charge in [0.1, 0.15) is 0 Å². The topological polar surface area (TPSA) is 78.7 Å². The fourth-order valence-electron chi connectivity index (χ4n) is 3.32. The van der Waals surface area contributed by atoms with Crippen LogP contribution in [0.2, 0.25) is 0 Å². The van der Waals surface area contributed by atoms with E-state index in [0.717, 1.165) is 51.7 Å². The van der Waals surface area contributed by atoms with Crippen LogP contribution >= 0.6 is 12.4 Å². The van der Waals surface area contributed by atoms with Gasteiger partial charge in [0.25, 0.3) is 0 Å². The molecular weight excluding hydrogens is 304 g/mol. The molecule has 6 nitrogen and oxygen atoms in total. The number of carbonyl (C=O) groups excluding carboxylic acids is 2. The number of halogens is 1. The molecular formula is C15H29ClN4O2. The number of likely N-dealkylation sites (N-methyl/N-ethyl adjacent to an activating group) is 1. The summed E-state index contributed by atoms with van der Waals surface area (Å²) in [6.07, 6.45) is 5.07. The summed E-state index contributed by atoms with van der Waals surface area (Å²) in [5.41, 5.74) is 5.37. The van der Waals surface area contributed by atoms with E-state index in [9.17, 15) is 9.59 Å². The number of nitrogens with two attached hydrogens (primary N) is 1. The summed E-state index contributed by atoms with van der Waals surface area (Å²) in [7, 11) is 2.03. The summed E-state index contributed by atoms with van der Waals surface area (Å²) in [6, 6.07) is 0.473. The summed E-state index contributed by atoms with van der Waals surface area (Å²) in [6.45, 7) is 3.79. The van der Waals surface area contributed by atoms with E-state index in [-0.39, 0.29) is 30.1 Å². The molecule has 2 unspecified atom stereocenters. The van der Waals surface area contributed by atoms with Crippen molar-refractivity contribution < 1.29 is 9.59 Å².